The van der Waals surface area contributed by atoms with E-state index in [9.17, 15) is 26.3 Å². The van der Waals surface area contributed by atoms with Crippen molar-refractivity contribution in [2.45, 2.75) is 19.3 Å². The van der Waals surface area contributed by atoms with Gasteiger partial charge < -0.3 is 5.32 Å². The maximum Gasteiger partial charge on any atom is 0.433 e. The standard InChI is InChI=1S/C20H13F6N7/c1-11-6-8-33(10-11)18-31-16(13-3-2-4-14(29-13)19(21,22)23)30-17(32-18)28-12-5-7-27-15(9-12)20(24,25)26/h2-10H,1H3,(H,27,28,30,31,32). The first-order valence-corrected chi connectivity index (χ1v) is 9.25. The highest BCUT2D eigenvalue weighted by molar-refractivity contribution is 5.58. The maximum absolute atomic E-state index is 13.1. The van der Waals surface area contributed by atoms with Gasteiger partial charge in [-0.2, -0.15) is 41.3 Å². The molecule has 4 aromatic rings. The second-order valence-electron chi connectivity index (χ2n) is 6.84. The molecule has 4 rings (SSSR count). The van der Waals surface area contributed by atoms with Crippen LogP contribution in [0.1, 0.15) is 17.0 Å². The minimum absolute atomic E-state index is 0.0267. The van der Waals surface area contributed by atoms with E-state index < -0.39 is 23.7 Å². The lowest BCUT2D eigenvalue weighted by Crippen LogP contribution is -2.11. The number of halogens is 6. The Hall–Kier alpha value is -4.03. The zero-order chi connectivity index (χ0) is 23.8. The van der Waals surface area contributed by atoms with Crippen molar-refractivity contribution >= 4 is 11.6 Å². The number of hydrogen-bond acceptors (Lipinski definition) is 6. The van der Waals surface area contributed by atoms with Gasteiger partial charge in [-0.3, -0.25) is 9.55 Å². The molecule has 0 spiro atoms. The van der Waals surface area contributed by atoms with Gasteiger partial charge in [-0.05, 0) is 42.8 Å². The van der Waals surface area contributed by atoms with Crippen LogP contribution in [0.5, 0.6) is 0 Å². The number of alkyl halides is 6. The lowest BCUT2D eigenvalue weighted by atomic mass is 10.3. The Bertz CT molecular complexity index is 1300. The quantitative estimate of drug-likeness (QED) is 0.417. The zero-order valence-corrected chi connectivity index (χ0v) is 16.6. The van der Waals surface area contributed by atoms with Crippen molar-refractivity contribution in [1.82, 2.24) is 29.5 Å². The third kappa shape index (κ3) is 5.07. The molecule has 0 bridgehead atoms. The van der Waals surface area contributed by atoms with Crippen LogP contribution in [-0.4, -0.2) is 29.5 Å². The summed E-state index contributed by atoms with van der Waals surface area (Å²) in [5.41, 5.74) is -1.64. The molecule has 0 saturated carbocycles. The van der Waals surface area contributed by atoms with Crippen molar-refractivity contribution in [3.8, 4) is 17.5 Å². The fourth-order valence-corrected chi connectivity index (χ4v) is 2.79. The summed E-state index contributed by atoms with van der Waals surface area (Å²) >= 11 is 0. The average Bonchev–Trinajstić information content (AvgIpc) is 3.19. The molecule has 0 aliphatic heterocycles. The number of rotatable bonds is 4. The molecule has 0 atom stereocenters. The lowest BCUT2D eigenvalue weighted by Gasteiger charge is -2.12. The Morgan fingerprint density at radius 2 is 1.61 bits per heavy atom. The highest BCUT2D eigenvalue weighted by atomic mass is 19.4. The predicted octanol–water partition coefficient (Wildman–Crippen LogP) is 5.21. The second kappa shape index (κ2) is 8.15. The Morgan fingerprint density at radius 3 is 2.27 bits per heavy atom. The highest BCUT2D eigenvalue weighted by Crippen LogP contribution is 2.31. The van der Waals surface area contributed by atoms with Crippen molar-refractivity contribution in [2.75, 3.05) is 5.32 Å². The van der Waals surface area contributed by atoms with E-state index in [-0.39, 0.29) is 29.1 Å². The van der Waals surface area contributed by atoms with Gasteiger partial charge in [0.15, 0.2) is 5.82 Å². The van der Waals surface area contributed by atoms with Crippen molar-refractivity contribution in [1.29, 1.82) is 0 Å². The lowest BCUT2D eigenvalue weighted by molar-refractivity contribution is -0.141. The number of aryl methyl sites for hydroxylation is 1. The molecule has 33 heavy (non-hydrogen) atoms. The van der Waals surface area contributed by atoms with Crippen LogP contribution in [0.3, 0.4) is 0 Å². The molecular formula is C20H13F6N7. The summed E-state index contributed by atoms with van der Waals surface area (Å²) in [5, 5.41) is 2.62. The molecule has 4 aromatic heterocycles. The van der Waals surface area contributed by atoms with Crippen LogP contribution >= 0.6 is 0 Å². The molecule has 0 saturated heterocycles. The Balaban J connectivity index is 1.80. The van der Waals surface area contributed by atoms with Crippen molar-refractivity contribution in [3.63, 3.8) is 0 Å². The molecule has 7 nitrogen and oxygen atoms in total. The van der Waals surface area contributed by atoms with Crippen LogP contribution in [0, 0.1) is 6.92 Å². The first kappa shape index (κ1) is 22.2. The van der Waals surface area contributed by atoms with Crippen molar-refractivity contribution in [3.05, 3.63) is 71.9 Å². The largest absolute Gasteiger partial charge is 0.433 e. The fraction of sp³-hybridized carbons (Fsp3) is 0.150. The molecule has 0 fully saturated rings. The maximum atomic E-state index is 13.1. The third-order valence-corrected chi connectivity index (χ3v) is 4.27. The Morgan fingerprint density at radius 1 is 0.848 bits per heavy atom. The summed E-state index contributed by atoms with van der Waals surface area (Å²) in [4.78, 5) is 19.3. The third-order valence-electron chi connectivity index (χ3n) is 4.27. The van der Waals surface area contributed by atoms with E-state index in [0.717, 1.165) is 30.0 Å². The molecule has 0 aromatic carbocycles. The Labute approximate surface area is 182 Å². The van der Waals surface area contributed by atoms with Crippen LogP contribution in [0.15, 0.2) is 55.0 Å². The molecule has 13 heteroatoms. The SMILES string of the molecule is Cc1ccn(-c2nc(Nc3ccnc(C(F)(F)F)c3)nc(-c3cccc(C(F)(F)F)n3)n2)c1. The monoisotopic (exact) mass is 465 g/mol. The van der Waals surface area contributed by atoms with E-state index >= 15 is 0 Å². The summed E-state index contributed by atoms with van der Waals surface area (Å²) in [6, 6.07) is 7.01. The van der Waals surface area contributed by atoms with E-state index in [0.29, 0.717) is 0 Å². The van der Waals surface area contributed by atoms with Crippen LogP contribution in [-0.2, 0) is 12.4 Å². The van der Waals surface area contributed by atoms with Gasteiger partial charge in [-0.15, -0.1) is 0 Å². The number of nitrogens with one attached hydrogen (secondary N) is 1. The first-order chi connectivity index (χ1) is 15.5. The fourth-order valence-electron chi connectivity index (χ4n) is 2.79. The molecule has 4 heterocycles. The van der Waals surface area contributed by atoms with E-state index in [1.807, 2.05) is 6.92 Å². The molecule has 0 amide bonds. The molecule has 0 radical (unpaired) electrons. The minimum Gasteiger partial charge on any atom is -0.324 e. The smallest absolute Gasteiger partial charge is 0.324 e. The van der Waals surface area contributed by atoms with Crippen LogP contribution < -0.4 is 5.32 Å². The molecular weight excluding hydrogens is 452 g/mol. The number of hydrogen-bond donors (Lipinski definition) is 1. The van der Waals surface area contributed by atoms with E-state index in [4.69, 9.17) is 0 Å². The number of nitrogens with zero attached hydrogens (tertiary/aromatic N) is 6. The van der Waals surface area contributed by atoms with Crippen LogP contribution in [0.25, 0.3) is 17.5 Å². The molecule has 0 aliphatic carbocycles. The number of anilines is 2. The first-order valence-electron chi connectivity index (χ1n) is 9.25. The van der Waals surface area contributed by atoms with Gasteiger partial charge in [0.05, 0.1) is 0 Å². The minimum atomic E-state index is -4.68. The average molecular weight is 465 g/mol. The molecule has 0 aliphatic rings. The topological polar surface area (TPSA) is 81.4 Å². The van der Waals surface area contributed by atoms with E-state index in [1.165, 1.54) is 16.7 Å². The van der Waals surface area contributed by atoms with Gasteiger partial charge in [-0.25, -0.2) is 4.98 Å². The van der Waals surface area contributed by atoms with E-state index in [2.05, 4.69) is 30.2 Å². The van der Waals surface area contributed by atoms with Gasteiger partial charge >= 0.3 is 12.4 Å². The van der Waals surface area contributed by atoms with Gasteiger partial charge in [0.2, 0.25) is 11.9 Å². The summed E-state index contributed by atoms with van der Waals surface area (Å²) in [6.45, 7) is 1.81. The van der Waals surface area contributed by atoms with Crippen molar-refractivity contribution < 1.29 is 26.3 Å². The van der Waals surface area contributed by atoms with Gasteiger partial charge in [0.1, 0.15) is 17.1 Å². The normalized spacial score (nSPS) is 12.1. The van der Waals surface area contributed by atoms with Gasteiger partial charge in [-0.1, -0.05) is 6.07 Å². The van der Waals surface area contributed by atoms with E-state index in [1.54, 1.807) is 18.5 Å². The van der Waals surface area contributed by atoms with Crippen LogP contribution in [0.4, 0.5) is 38.0 Å². The second-order valence-corrected chi connectivity index (χ2v) is 6.84. The summed E-state index contributed by atoms with van der Waals surface area (Å²) < 4.78 is 79.7. The highest BCUT2D eigenvalue weighted by Gasteiger charge is 2.33. The van der Waals surface area contributed by atoms with Gasteiger partial charge in [0, 0.05) is 24.3 Å². The predicted molar refractivity (Wildman–Crippen MR) is 105 cm³/mol. The number of pyridine rings is 2. The number of aromatic nitrogens is 6. The van der Waals surface area contributed by atoms with Gasteiger partial charge in [0.25, 0.3) is 0 Å². The van der Waals surface area contributed by atoms with Crippen molar-refractivity contribution in [2.24, 2.45) is 0 Å². The molecule has 1 N–H and O–H groups in total. The van der Waals surface area contributed by atoms with Crippen LogP contribution in [0.2, 0.25) is 0 Å². The molecule has 0 unspecified atom stereocenters. The summed E-state index contributed by atoms with van der Waals surface area (Å²) in [7, 11) is 0. The Kier molecular flexibility index (Phi) is 5.47. The summed E-state index contributed by atoms with van der Waals surface area (Å²) in [6.07, 6.45) is -5.12. The summed E-state index contributed by atoms with van der Waals surface area (Å²) in [5.74, 6) is -0.371. The molecule has 170 valence electrons. The zero-order valence-electron chi connectivity index (χ0n) is 16.6.